The van der Waals surface area contributed by atoms with Gasteiger partial charge in [0.05, 0.1) is 15.5 Å². The highest BCUT2D eigenvalue weighted by Gasteiger charge is 2.16. The van der Waals surface area contributed by atoms with Gasteiger partial charge in [0.15, 0.2) is 4.34 Å². The first-order valence-corrected chi connectivity index (χ1v) is 8.75. The molecule has 21 heavy (non-hydrogen) atoms. The molecular formula is C15H21N3OS2. The van der Waals surface area contributed by atoms with Crippen LogP contribution in [0.4, 0.5) is 5.69 Å². The van der Waals surface area contributed by atoms with Gasteiger partial charge in [0.2, 0.25) is 5.91 Å². The fourth-order valence-corrected chi connectivity index (χ4v) is 4.09. The largest absolute Gasteiger partial charge is 0.399 e. The zero-order valence-electron chi connectivity index (χ0n) is 12.6. The van der Waals surface area contributed by atoms with Gasteiger partial charge in [-0.2, -0.15) is 0 Å². The maximum Gasteiger partial charge on any atom is 0.233 e. The number of amides is 1. The number of nitrogens with zero attached hydrogens (tertiary/aromatic N) is 1. The Bertz CT molecular complexity index is 624. The molecule has 1 atom stereocenters. The number of benzene rings is 1. The average Bonchev–Trinajstić information content (AvgIpc) is 2.79. The highest BCUT2D eigenvalue weighted by Crippen LogP contribution is 2.32. The predicted octanol–water partition coefficient (Wildman–Crippen LogP) is 3.52. The van der Waals surface area contributed by atoms with Gasteiger partial charge in [-0.15, -0.1) is 11.3 Å². The van der Waals surface area contributed by atoms with Crippen LogP contribution in [0.2, 0.25) is 0 Å². The molecule has 0 spiro atoms. The average molecular weight is 323 g/mol. The first kappa shape index (κ1) is 16.1. The number of aromatic nitrogens is 1. The molecule has 0 aliphatic carbocycles. The third kappa shape index (κ3) is 4.61. The normalized spacial score (nSPS) is 12.8. The van der Waals surface area contributed by atoms with Crippen molar-refractivity contribution in [2.45, 2.75) is 36.8 Å². The molecule has 0 saturated heterocycles. The van der Waals surface area contributed by atoms with Gasteiger partial charge in [-0.25, -0.2) is 4.98 Å². The first-order valence-electron chi connectivity index (χ1n) is 7.06. The second kappa shape index (κ2) is 7.13. The van der Waals surface area contributed by atoms with Crippen LogP contribution in [0.1, 0.15) is 27.2 Å². The molecule has 1 aromatic heterocycles. The van der Waals surface area contributed by atoms with Crippen molar-refractivity contribution in [1.82, 2.24) is 10.3 Å². The maximum atomic E-state index is 12.0. The smallest absolute Gasteiger partial charge is 0.233 e. The van der Waals surface area contributed by atoms with E-state index in [0.29, 0.717) is 5.92 Å². The second-order valence-electron chi connectivity index (χ2n) is 5.44. The minimum atomic E-state index is -0.143. The van der Waals surface area contributed by atoms with Crippen molar-refractivity contribution in [2.75, 3.05) is 12.3 Å². The fourth-order valence-electron chi connectivity index (χ4n) is 1.80. The Morgan fingerprint density at radius 1 is 1.43 bits per heavy atom. The summed E-state index contributed by atoms with van der Waals surface area (Å²) in [6.45, 7) is 6.95. The third-order valence-electron chi connectivity index (χ3n) is 3.06. The van der Waals surface area contributed by atoms with Gasteiger partial charge >= 0.3 is 0 Å². The van der Waals surface area contributed by atoms with E-state index in [-0.39, 0.29) is 11.2 Å². The second-order valence-corrected chi connectivity index (χ2v) is 8.06. The topological polar surface area (TPSA) is 68.0 Å². The van der Waals surface area contributed by atoms with Crippen LogP contribution in [-0.4, -0.2) is 22.7 Å². The Balaban J connectivity index is 1.94. The van der Waals surface area contributed by atoms with Gasteiger partial charge in [0.1, 0.15) is 0 Å². The number of anilines is 1. The molecule has 4 nitrogen and oxygen atoms in total. The summed E-state index contributed by atoms with van der Waals surface area (Å²) in [4.78, 5) is 16.6. The van der Waals surface area contributed by atoms with Gasteiger partial charge in [-0.3, -0.25) is 4.79 Å². The van der Waals surface area contributed by atoms with E-state index in [1.165, 1.54) is 11.8 Å². The molecule has 0 aliphatic heterocycles. The zero-order valence-corrected chi connectivity index (χ0v) is 14.2. The van der Waals surface area contributed by atoms with E-state index in [2.05, 4.69) is 24.1 Å². The summed E-state index contributed by atoms with van der Waals surface area (Å²) >= 11 is 3.07. The van der Waals surface area contributed by atoms with Gasteiger partial charge in [0.25, 0.3) is 0 Å². The predicted molar refractivity (Wildman–Crippen MR) is 91.8 cm³/mol. The molecular weight excluding hydrogens is 302 g/mol. The number of nitrogen functional groups attached to an aromatic ring is 1. The lowest BCUT2D eigenvalue weighted by Gasteiger charge is -2.11. The monoisotopic (exact) mass is 323 g/mol. The van der Waals surface area contributed by atoms with Crippen LogP contribution in [-0.2, 0) is 4.79 Å². The Kier molecular flexibility index (Phi) is 5.47. The highest BCUT2D eigenvalue weighted by atomic mass is 32.2. The van der Waals surface area contributed by atoms with Gasteiger partial charge in [-0.1, -0.05) is 25.6 Å². The highest BCUT2D eigenvalue weighted by molar-refractivity contribution is 8.02. The Morgan fingerprint density at radius 2 is 2.19 bits per heavy atom. The van der Waals surface area contributed by atoms with E-state index in [9.17, 15) is 4.79 Å². The van der Waals surface area contributed by atoms with Crippen LogP contribution in [0.5, 0.6) is 0 Å². The molecule has 2 aromatic rings. The fraction of sp³-hybridized carbons (Fsp3) is 0.467. The molecule has 0 radical (unpaired) electrons. The maximum absolute atomic E-state index is 12.0. The number of hydrogen-bond acceptors (Lipinski definition) is 5. The molecule has 0 saturated carbocycles. The lowest BCUT2D eigenvalue weighted by molar-refractivity contribution is -0.120. The van der Waals surface area contributed by atoms with Crippen molar-refractivity contribution in [3.8, 4) is 0 Å². The number of carbonyl (C=O) groups is 1. The lowest BCUT2D eigenvalue weighted by Crippen LogP contribution is -2.32. The number of fused-ring (bicyclic) bond motifs is 1. The number of nitrogens with one attached hydrogen (secondary N) is 1. The number of hydrogen-bond donors (Lipinski definition) is 2. The van der Waals surface area contributed by atoms with Crippen LogP contribution in [0.15, 0.2) is 22.5 Å². The van der Waals surface area contributed by atoms with Crippen molar-refractivity contribution in [2.24, 2.45) is 5.92 Å². The number of carbonyl (C=O) groups excluding carboxylic acids is 1. The van der Waals surface area contributed by atoms with E-state index >= 15 is 0 Å². The van der Waals surface area contributed by atoms with Crippen LogP contribution < -0.4 is 11.1 Å². The molecule has 2 rings (SSSR count). The van der Waals surface area contributed by atoms with Gasteiger partial charge in [-0.05, 0) is 37.5 Å². The van der Waals surface area contributed by atoms with Crippen molar-refractivity contribution in [3.05, 3.63) is 18.2 Å². The van der Waals surface area contributed by atoms with Gasteiger partial charge < -0.3 is 11.1 Å². The minimum absolute atomic E-state index is 0.0689. The first-order chi connectivity index (χ1) is 9.95. The molecule has 1 unspecified atom stereocenters. The molecule has 114 valence electrons. The lowest BCUT2D eigenvalue weighted by atomic mass is 10.1. The molecule has 0 bridgehead atoms. The van der Waals surface area contributed by atoms with E-state index in [4.69, 9.17) is 5.73 Å². The SMILES string of the molecule is CC(C)CCNC(=O)C(C)Sc1nc2ccc(N)cc2s1. The number of thioether (sulfide) groups is 1. The standard InChI is InChI=1S/C15H21N3OS2/c1-9(2)6-7-17-14(19)10(3)20-15-18-12-5-4-11(16)8-13(12)21-15/h4-5,8-10H,6-7,16H2,1-3H3,(H,17,19). The van der Waals surface area contributed by atoms with E-state index < -0.39 is 0 Å². The van der Waals surface area contributed by atoms with Crippen LogP contribution in [0.25, 0.3) is 10.2 Å². The van der Waals surface area contributed by atoms with Crippen LogP contribution in [0, 0.1) is 5.92 Å². The Labute approximate surface area is 133 Å². The van der Waals surface area contributed by atoms with Crippen LogP contribution >= 0.6 is 23.1 Å². The third-order valence-corrected chi connectivity index (χ3v) is 5.27. The molecule has 1 amide bonds. The van der Waals surface area contributed by atoms with Gasteiger partial charge in [0, 0.05) is 12.2 Å². The number of rotatable bonds is 6. The summed E-state index contributed by atoms with van der Waals surface area (Å²) in [5.74, 6) is 0.669. The Morgan fingerprint density at radius 3 is 2.90 bits per heavy atom. The summed E-state index contributed by atoms with van der Waals surface area (Å²) in [6, 6.07) is 5.68. The van der Waals surface area contributed by atoms with E-state index in [0.717, 1.165) is 33.2 Å². The zero-order chi connectivity index (χ0) is 15.4. The molecule has 0 fully saturated rings. The molecule has 6 heteroatoms. The summed E-state index contributed by atoms with van der Waals surface area (Å²) in [5.41, 5.74) is 7.44. The van der Waals surface area contributed by atoms with E-state index in [1.54, 1.807) is 11.3 Å². The number of thiazole rings is 1. The minimum Gasteiger partial charge on any atom is -0.399 e. The Hall–Kier alpha value is -1.27. The molecule has 3 N–H and O–H groups in total. The van der Waals surface area contributed by atoms with E-state index in [1.807, 2.05) is 25.1 Å². The molecule has 1 aromatic carbocycles. The van der Waals surface area contributed by atoms with Crippen molar-refractivity contribution >= 4 is 44.9 Å². The summed E-state index contributed by atoms with van der Waals surface area (Å²) in [7, 11) is 0. The van der Waals surface area contributed by atoms with Crippen molar-refractivity contribution in [1.29, 1.82) is 0 Å². The summed E-state index contributed by atoms with van der Waals surface area (Å²) in [6.07, 6.45) is 1.00. The summed E-state index contributed by atoms with van der Waals surface area (Å²) in [5, 5.41) is 2.83. The quantitative estimate of drug-likeness (QED) is 0.630. The van der Waals surface area contributed by atoms with Crippen molar-refractivity contribution < 1.29 is 4.79 Å². The van der Waals surface area contributed by atoms with Crippen LogP contribution in [0.3, 0.4) is 0 Å². The molecule has 0 aliphatic rings. The number of nitrogens with two attached hydrogens (primary N) is 1. The molecule has 1 heterocycles. The van der Waals surface area contributed by atoms with Crippen molar-refractivity contribution in [3.63, 3.8) is 0 Å². The summed E-state index contributed by atoms with van der Waals surface area (Å²) < 4.78 is 1.96.